The molecule has 1 nitrogen and oxygen atoms in total. The van der Waals surface area contributed by atoms with Crippen LogP contribution >= 0.6 is 0 Å². The van der Waals surface area contributed by atoms with Crippen LogP contribution in [0.25, 0.3) is 10.9 Å². The van der Waals surface area contributed by atoms with Crippen molar-refractivity contribution in [2.24, 2.45) is 0 Å². The summed E-state index contributed by atoms with van der Waals surface area (Å²) >= 11 is 0. The minimum absolute atomic E-state index is 0. The topological polar surface area (TPSA) is 12.9 Å². The summed E-state index contributed by atoms with van der Waals surface area (Å²) in [6.45, 7) is 4.18. The van der Waals surface area contributed by atoms with Crippen LogP contribution in [-0.4, -0.2) is 4.98 Å². The summed E-state index contributed by atoms with van der Waals surface area (Å²) in [5.74, 6) is 0. The molecule has 13 heavy (non-hydrogen) atoms. The normalized spacial score (nSPS) is 9.69. The quantitative estimate of drug-likeness (QED) is 0.537. The van der Waals surface area contributed by atoms with E-state index in [2.05, 4.69) is 37.0 Å². The van der Waals surface area contributed by atoms with Gasteiger partial charge in [-0.3, -0.25) is 0 Å². The van der Waals surface area contributed by atoms with Gasteiger partial charge in [-0.05, 0) is 12.4 Å². The van der Waals surface area contributed by atoms with Crippen LogP contribution in [0.4, 0.5) is 0 Å². The van der Waals surface area contributed by atoms with Crippen molar-refractivity contribution < 1.29 is 37.7 Å². The maximum atomic E-state index is 4.27. The second-order valence-electron chi connectivity index (χ2n) is 3.07. The third-order valence-corrected chi connectivity index (χ3v) is 1.97. The summed E-state index contributed by atoms with van der Waals surface area (Å²) in [6.07, 6.45) is 1.78. The second kappa shape index (κ2) is 4.41. The van der Waals surface area contributed by atoms with E-state index in [1.807, 2.05) is 6.07 Å². The molecule has 0 amide bonds. The molecule has 2 rings (SSSR count). The fourth-order valence-electron chi connectivity index (χ4n) is 1.47. The molecule has 0 atom stereocenters. The van der Waals surface area contributed by atoms with E-state index >= 15 is 0 Å². The zero-order valence-corrected chi connectivity index (χ0v) is 9.49. The fourth-order valence-corrected chi connectivity index (χ4v) is 1.47. The van der Waals surface area contributed by atoms with Crippen LogP contribution in [0.15, 0.2) is 24.4 Å². The van der Waals surface area contributed by atoms with Gasteiger partial charge in [0, 0.05) is 37.7 Å². The number of aryl methyl sites for hydroxylation is 2. The van der Waals surface area contributed by atoms with E-state index in [4.69, 9.17) is 0 Å². The van der Waals surface area contributed by atoms with Gasteiger partial charge >= 0.3 is 0 Å². The Morgan fingerprint density at radius 1 is 1.23 bits per heavy atom. The Labute approximate surface area is 108 Å². The number of hydrogen-bond acceptors (Lipinski definition) is 1. The number of hydrogen-bond donors (Lipinski definition) is 0. The van der Waals surface area contributed by atoms with E-state index < -0.39 is 0 Å². The first-order chi connectivity index (χ1) is 5.77. The molecule has 1 aromatic heterocycles. The van der Waals surface area contributed by atoms with Gasteiger partial charge in [-0.2, -0.15) is 0 Å². The standard InChI is InChI=1S/C11H10N.Ho/c1-8-6-9(2)10-4-3-5-12-11(10)7-8;/h3,5-7H,1-2H3;/q-1;. The maximum absolute atomic E-state index is 4.27. The minimum atomic E-state index is 0. The Morgan fingerprint density at radius 2 is 2.00 bits per heavy atom. The van der Waals surface area contributed by atoms with Gasteiger partial charge in [-0.15, -0.1) is 23.1 Å². The van der Waals surface area contributed by atoms with Crippen molar-refractivity contribution in [1.29, 1.82) is 0 Å². The number of aromatic nitrogens is 1. The van der Waals surface area contributed by atoms with Crippen LogP contribution in [0.2, 0.25) is 0 Å². The number of rotatable bonds is 0. The average Bonchev–Trinajstić information content (AvgIpc) is 2.04. The summed E-state index contributed by atoms with van der Waals surface area (Å²) in [5.41, 5.74) is 3.54. The van der Waals surface area contributed by atoms with Crippen LogP contribution < -0.4 is 0 Å². The van der Waals surface area contributed by atoms with E-state index in [-0.39, 0.29) is 37.7 Å². The molecule has 1 radical (unpaired) electrons. The van der Waals surface area contributed by atoms with Crippen LogP contribution in [-0.2, 0) is 0 Å². The van der Waals surface area contributed by atoms with E-state index in [0.29, 0.717) is 0 Å². The van der Waals surface area contributed by atoms with Crippen molar-refractivity contribution in [3.05, 3.63) is 41.6 Å². The molecule has 2 heteroatoms. The Kier molecular flexibility index (Phi) is 3.72. The van der Waals surface area contributed by atoms with Crippen molar-refractivity contribution in [1.82, 2.24) is 4.98 Å². The van der Waals surface area contributed by atoms with Crippen molar-refractivity contribution in [3.63, 3.8) is 0 Å². The number of benzene rings is 1. The van der Waals surface area contributed by atoms with Gasteiger partial charge in [0.15, 0.2) is 0 Å². The predicted octanol–water partition coefficient (Wildman–Crippen LogP) is 2.65. The van der Waals surface area contributed by atoms with Gasteiger partial charge in [0.1, 0.15) is 0 Å². The molecule has 0 spiro atoms. The summed E-state index contributed by atoms with van der Waals surface area (Å²) in [4.78, 5) is 4.27. The SMILES string of the molecule is Cc1cc(C)c2[c-]ccnc2c1.[Ho]. The predicted molar refractivity (Wildman–Crippen MR) is 50.1 cm³/mol. The minimum Gasteiger partial charge on any atom is -0.352 e. The van der Waals surface area contributed by atoms with E-state index in [9.17, 15) is 0 Å². The third-order valence-electron chi connectivity index (χ3n) is 1.97. The van der Waals surface area contributed by atoms with E-state index in [1.165, 1.54) is 11.1 Å². The van der Waals surface area contributed by atoms with Crippen LogP contribution in [0.3, 0.4) is 0 Å². The maximum Gasteiger partial charge on any atom is 0 e. The average molecular weight is 321 g/mol. The largest absolute Gasteiger partial charge is 0.352 e. The van der Waals surface area contributed by atoms with E-state index in [1.54, 1.807) is 6.20 Å². The molecule has 0 bridgehead atoms. The fraction of sp³-hybridized carbons (Fsp3) is 0.182. The molecule has 1 heterocycles. The molecule has 2 aromatic rings. The van der Waals surface area contributed by atoms with Gasteiger partial charge in [0.25, 0.3) is 0 Å². The van der Waals surface area contributed by atoms with E-state index in [0.717, 1.165) is 10.9 Å². The Bertz CT molecular complexity index is 423. The molecule has 0 aliphatic rings. The number of pyridine rings is 1. The zero-order valence-electron chi connectivity index (χ0n) is 7.56. The Hall–Kier alpha value is -0.110. The zero-order chi connectivity index (χ0) is 8.55. The molecule has 0 aliphatic heterocycles. The van der Waals surface area contributed by atoms with Gasteiger partial charge < -0.3 is 4.98 Å². The van der Waals surface area contributed by atoms with Gasteiger partial charge in [-0.25, -0.2) is 0 Å². The molecular formula is C11H10HoN-. The van der Waals surface area contributed by atoms with Crippen LogP contribution in [0.5, 0.6) is 0 Å². The molecule has 0 saturated carbocycles. The van der Waals surface area contributed by atoms with Gasteiger partial charge in [-0.1, -0.05) is 30.8 Å². The number of fused-ring (bicyclic) bond motifs is 1. The van der Waals surface area contributed by atoms with Crippen molar-refractivity contribution >= 4 is 10.9 Å². The molecule has 0 N–H and O–H groups in total. The van der Waals surface area contributed by atoms with Crippen LogP contribution in [0, 0.1) is 57.7 Å². The van der Waals surface area contributed by atoms with Crippen LogP contribution in [0.1, 0.15) is 11.1 Å². The molecular weight excluding hydrogens is 311 g/mol. The second-order valence-corrected chi connectivity index (χ2v) is 3.07. The first kappa shape index (κ1) is 11.0. The van der Waals surface area contributed by atoms with Gasteiger partial charge in [0.2, 0.25) is 0 Å². The van der Waals surface area contributed by atoms with Crippen molar-refractivity contribution in [2.45, 2.75) is 13.8 Å². The summed E-state index contributed by atoms with van der Waals surface area (Å²) < 4.78 is 0. The first-order valence-electron chi connectivity index (χ1n) is 4.01. The molecule has 0 fully saturated rings. The molecule has 71 valence electrons. The Morgan fingerprint density at radius 3 is 2.77 bits per heavy atom. The third kappa shape index (κ3) is 2.22. The summed E-state index contributed by atoms with van der Waals surface area (Å²) in [7, 11) is 0. The molecule has 0 aliphatic carbocycles. The summed E-state index contributed by atoms with van der Waals surface area (Å²) in [5, 5.41) is 1.13. The molecule has 1 aromatic carbocycles. The monoisotopic (exact) mass is 321 g/mol. The first-order valence-corrected chi connectivity index (χ1v) is 4.01. The molecule has 0 saturated heterocycles. The van der Waals surface area contributed by atoms with Crippen molar-refractivity contribution in [2.75, 3.05) is 0 Å². The smallest absolute Gasteiger partial charge is 0 e. The number of nitrogens with zero attached hydrogens (tertiary/aromatic N) is 1. The summed E-state index contributed by atoms with van der Waals surface area (Å²) in [6, 6.07) is 9.27. The van der Waals surface area contributed by atoms with Crippen molar-refractivity contribution in [3.8, 4) is 0 Å². The Balaban J connectivity index is 0.000000845. The van der Waals surface area contributed by atoms with Gasteiger partial charge in [0.05, 0.1) is 0 Å². The molecule has 0 unspecified atom stereocenters.